The van der Waals surface area contributed by atoms with E-state index in [0.717, 1.165) is 57.8 Å². The zero-order valence-corrected chi connectivity index (χ0v) is 52.5. The van der Waals surface area contributed by atoms with Crippen LogP contribution in [-0.4, -0.2) is 40.0 Å². The van der Waals surface area contributed by atoms with Gasteiger partial charge in [0.1, 0.15) is 0 Å². The van der Waals surface area contributed by atoms with E-state index in [1.54, 1.807) is 0 Å². The molecule has 0 bridgehead atoms. The van der Waals surface area contributed by atoms with E-state index in [2.05, 4.69) is 109 Å². The van der Waals surface area contributed by atoms with Crippen LogP contribution in [0.15, 0.2) is 164 Å². The average Bonchev–Trinajstić information content (AvgIpc) is 4.09. The van der Waals surface area contributed by atoms with Crippen LogP contribution in [0, 0.1) is 54.7 Å². The molecule has 0 aromatic rings. The summed E-state index contributed by atoms with van der Waals surface area (Å²) in [5.74, 6) is 0. The fraction of sp³-hybridized carbons (Fsp3) is 0.294. The van der Waals surface area contributed by atoms with E-state index < -0.39 is 21.9 Å². The largest absolute Gasteiger partial charge is 2.00 e. The summed E-state index contributed by atoms with van der Waals surface area (Å²) in [5.41, 5.74) is 0. The van der Waals surface area contributed by atoms with Crippen LogP contribution < -0.4 is 44.0 Å². The number of hydrogen-bond donors (Lipinski definition) is 0. The van der Waals surface area contributed by atoms with Crippen LogP contribution in [0.25, 0.3) is 0 Å². The molecule has 21 heteroatoms. The van der Waals surface area contributed by atoms with Gasteiger partial charge in [-0.15, -0.1) is 57.8 Å². The summed E-state index contributed by atoms with van der Waals surface area (Å²) in [4.78, 5) is 87.3. The minimum Gasteiger partial charge on any atom is -0.273 e. The van der Waals surface area contributed by atoms with Gasteiger partial charge >= 0.3 is 257 Å². The van der Waals surface area contributed by atoms with Crippen molar-refractivity contribution in [1.29, 1.82) is 0 Å². The SMILES string of the molecule is CP(C)([O-])([O-])[O-].CP(C)([O-])([O-])[O-].CP(C)([O-])([O-])[O-].[C-]1=CC=CC1.[C-]1=CC=CC1.[C-]1=CC=CC1.[C-]1=CC=CC1.[C-]1=CC=CC1.[C-]1=CC=CC1.[C-]1=CC=CC1.[C-]1=CC=CC1.[C-]1=CC=CC1.[Co+2].[Co+2].[Co+2].[Co+2].[Co+2].[Co+2].[Co+2].[Co+2].[Co+2]. The van der Waals surface area contributed by atoms with E-state index in [0.29, 0.717) is 40.0 Å². The molecule has 0 aliphatic heterocycles. The van der Waals surface area contributed by atoms with Crippen molar-refractivity contribution in [3.8, 4) is 0 Å². The van der Waals surface area contributed by atoms with Gasteiger partial charge in [-0.05, 0) is 0 Å². The summed E-state index contributed by atoms with van der Waals surface area (Å²) >= 11 is 0. The smallest absolute Gasteiger partial charge is 0.273 e. The Labute approximate surface area is 527 Å². The second kappa shape index (κ2) is 62.6. The Morgan fingerprint density at radius 2 is 0.278 bits per heavy atom. The molecule has 0 spiro atoms. The van der Waals surface area contributed by atoms with Gasteiger partial charge in [0.25, 0.3) is 0 Å². The van der Waals surface area contributed by atoms with Crippen molar-refractivity contribution in [3.63, 3.8) is 0 Å². The molecule has 0 amide bonds. The first kappa shape index (κ1) is 102. The molecule has 0 fully saturated rings. The molecule has 0 atom stereocenters. The Hall–Kier alpha value is 0.808. The Balaban J connectivity index is -0.0000000539. The van der Waals surface area contributed by atoms with E-state index >= 15 is 0 Å². The maximum Gasteiger partial charge on any atom is 2.00 e. The maximum absolute atomic E-state index is 9.70. The third-order valence-electron chi connectivity index (χ3n) is 5.27. The molecule has 0 saturated carbocycles. The minimum atomic E-state index is -4.80. The van der Waals surface area contributed by atoms with E-state index in [9.17, 15) is 44.0 Å². The fourth-order valence-electron chi connectivity index (χ4n) is 3.06. The monoisotopic (exact) mass is 1440 g/mol. The van der Waals surface area contributed by atoms with Gasteiger partial charge in [-0.1, -0.05) is 0 Å². The zero-order chi connectivity index (χ0) is 48.2. The van der Waals surface area contributed by atoms with Crippen LogP contribution in [0.1, 0.15) is 57.8 Å². The number of rotatable bonds is 0. The molecule has 0 heterocycles. The standard InChI is InChI=1S/9C5H5.3C2H6O3P.9Co/c9*1-2-4-5-3-1;3*1-6(2,3,4)5;;;;;;;;;/h9*1-3H,4H2;3*1-2H3;;;;;;;;;/q9*-1;3*-3;9*+2. The van der Waals surface area contributed by atoms with Crippen LogP contribution in [0.3, 0.4) is 0 Å². The zero-order valence-electron chi connectivity index (χ0n) is 40.5. The van der Waals surface area contributed by atoms with Crippen molar-refractivity contribution in [3.05, 3.63) is 219 Å². The van der Waals surface area contributed by atoms with Crippen molar-refractivity contribution in [2.24, 2.45) is 0 Å². The van der Waals surface area contributed by atoms with Crippen molar-refractivity contribution in [1.82, 2.24) is 0 Å². The van der Waals surface area contributed by atoms with Crippen molar-refractivity contribution >= 4 is 21.9 Å². The first-order valence-electron chi connectivity index (χ1n) is 19.8. The van der Waals surface area contributed by atoms with Gasteiger partial charge in [0, 0.05) is 0 Å². The van der Waals surface area contributed by atoms with Gasteiger partial charge in [0.15, 0.2) is 0 Å². The molecule has 0 aromatic heterocycles. The second-order valence-electron chi connectivity index (χ2n) is 14.3. The van der Waals surface area contributed by atoms with Gasteiger partial charge in [-0.25, -0.2) is 109 Å². The quantitative estimate of drug-likeness (QED) is 0.245. The van der Waals surface area contributed by atoms with Crippen LogP contribution >= 0.6 is 21.9 Å². The molecule has 0 aromatic carbocycles. The third-order valence-corrected chi connectivity index (χ3v) is 5.27. The summed E-state index contributed by atoms with van der Waals surface area (Å²) in [6.07, 6.45) is 90.0. The van der Waals surface area contributed by atoms with Crippen LogP contribution in [0.2, 0.25) is 0 Å². The molecule has 0 unspecified atom stereocenters. The summed E-state index contributed by atoms with van der Waals surface area (Å²) in [6, 6.07) is 0. The molecule has 9 aliphatic carbocycles. The van der Waals surface area contributed by atoms with E-state index in [1.165, 1.54) is 0 Å². The van der Waals surface area contributed by atoms with Crippen molar-refractivity contribution in [2.75, 3.05) is 40.0 Å². The normalized spacial score (nSPS) is 15.8. The predicted molar refractivity (Wildman–Crippen MR) is 250 cm³/mol. The molecule has 9 rings (SSSR count). The van der Waals surface area contributed by atoms with Gasteiger partial charge in [-0.3, -0.25) is 54.7 Å². The minimum absolute atomic E-state index is 0. The molecular formula is C51H63Co9O9P3. The third kappa shape index (κ3) is 164. The Kier molecular flexibility index (Phi) is 88.3. The first-order chi connectivity index (χ1) is 29.2. The Morgan fingerprint density at radius 3 is 0.292 bits per heavy atom. The van der Waals surface area contributed by atoms with Gasteiger partial charge in [-0.2, -0.15) is 54.7 Å². The Morgan fingerprint density at radius 1 is 0.208 bits per heavy atom. The average molecular weight is 1440 g/mol. The number of hydrogen-bond acceptors (Lipinski definition) is 9. The van der Waals surface area contributed by atoms with E-state index in [4.69, 9.17) is 0 Å². The summed E-state index contributed by atoms with van der Waals surface area (Å²) < 4.78 is 0. The molecular weight excluding hydrogens is 1380 g/mol. The Bertz CT molecular complexity index is 1280. The molecule has 9 aliphatic rings. The molecule has 417 valence electrons. The van der Waals surface area contributed by atoms with E-state index in [-0.39, 0.29) is 151 Å². The number of allylic oxidation sites excluding steroid dienone is 36. The van der Waals surface area contributed by atoms with Crippen LogP contribution in [0.5, 0.6) is 0 Å². The molecule has 0 N–H and O–H groups in total. The topological polar surface area (TPSA) is 208 Å². The summed E-state index contributed by atoms with van der Waals surface area (Å²) in [5, 5.41) is 0. The van der Waals surface area contributed by atoms with Crippen molar-refractivity contribution < 1.29 is 195 Å². The maximum atomic E-state index is 9.70. The van der Waals surface area contributed by atoms with E-state index in [1.807, 2.05) is 109 Å². The van der Waals surface area contributed by atoms with Crippen LogP contribution in [0.4, 0.5) is 0 Å². The second-order valence-corrected chi connectivity index (χ2v) is 24.9. The van der Waals surface area contributed by atoms with Gasteiger partial charge < -0.3 is 0 Å². The molecule has 0 saturated heterocycles. The van der Waals surface area contributed by atoms with Crippen molar-refractivity contribution in [2.45, 2.75) is 57.8 Å². The fourth-order valence-corrected chi connectivity index (χ4v) is 3.06. The molecule has 9 radical (unpaired) electrons. The molecule has 9 nitrogen and oxygen atoms in total. The van der Waals surface area contributed by atoms with Crippen LogP contribution in [-0.2, 0) is 151 Å². The van der Waals surface area contributed by atoms with Gasteiger partial charge in [0.2, 0.25) is 0 Å². The summed E-state index contributed by atoms with van der Waals surface area (Å²) in [7, 11) is -14.4. The molecule has 72 heavy (non-hydrogen) atoms. The first-order valence-corrected chi connectivity index (χ1v) is 28.4. The van der Waals surface area contributed by atoms with Gasteiger partial charge in [0.05, 0.1) is 0 Å². The predicted octanol–water partition coefficient (Wildman–Crippen LogP) is 4.60. The summed E-state index contributed by atoms with van der Waals surface area (Å²) in [6.45, 7) is 4.03.